The van der Waals surface area contributed by atoms with Crippen LogP contribution in [-0.4, -0.2) is 96.5 Å². The molecule has 0 spiro atoms. The van der Waals surface area contributed by atoms with E-state index in [1.54, 1.807) is 89.9 Å². The molecule has 456 valence electrons. The number of Topliss-reactive ketones (excluding diaryl/α,β-unsaturated/α-hetero) is 1. The summed E-state index contributed by atoms with van der Waals surface area (Å²) in [6, 6.07) is 24.4. The molecule has 17 nitrogen and oxygen atoms in total. The molecule has 19 heteroatoms. The number of benzene rings is 5. The zero-order chi connectivity index (χ0) is 61.4. The molecule has 0 radical (unpaired) electrons. The zero-order valence-electron chi connectivity index (χ0n) is 51.1. The van der Waals surface area contributed by atoms with Crippen molar-refractivity contribution in [2.24, 2.45) is 4.99 Å². The molecule has 5 aromatic carbocycles. The Labute approximate surface area is 513 Å². The van der Waals surface area contributed by atoms with Gasteiger partial charge in [0.1, 0.15) is 31.1 Å². The maximum atomic E-state index is 14.5. The molecule has 0 bridgehead atoms. The number of fused-ring (bicyclic) bond motifs is 8. The number of nitrogens with zero attached hydrogens (tertiary/aromatic N) is 3. The van der Waals surface area contributed by atoms with E-state index < -0.39 is 23.9 Å². The van der Waals surface area contributed by atoms with Crippen molar-refractivity contribution in [2.45, 2.75) is 173 Å². The largest absolute Gasteiger partial charge is 0.493 e. The zero-order valence-corrected chi connectivity index (χ0v) is 52.7. The van der Waals surface area contributed by atoms with Crippen LogP contribution in [0.1, 0.15) is 161 Å². The number of unbranched alkanes of at least 4 members (excludes halogenated alkanes) is 2. The number of nitrogens with one attached hydrogen (secondary N) is 4. The van der Waals surface area contributed by atoms with Gasteiger partial charge in [-0.25, -0.2) is 0 Å². The van der Waals surface area contributed by atoms with E-state index in [1.807, 2.05) is 35.2 Å². The number of carbonyl (C=O) groups is 6. The standard InChI is InChI=1S/C67H81N7O10S2/c1-11-12-13-16-39(2)46-21-22-57-48(28-46)30-51-36-69-55-34-61(59(82-10)32-53(55)66(80)74(51)57)84-38-45-25-44(37-83-60-33-54-52(31-58(60)81-9)65(79)73-50(35-68-54)29-47-17-14-15-18-56(47)73)26-49(27-45)72-64(78)43(6)71-63(77)42(5)70-62(76)23-24-67(7,8)86-85-41(4)20-19-40(3)75/h14-15,17-18,21-22,25-28,31-35,39,41-43,50-51,69H,11-13,16,19-20,23-24,29-30,36-38H2,1-10H3,(H,70,76)(H,71,77)(H,72,78)/t39?,41?,42-,43+,50-,51-/m0/s1. The summed E-state index contributed by atoms with van der Waals surface area (Å²) in [5.74, 6) is 0.390. The molecule has 5 aromatic rings. The van der Waals surface area contributed by atoms with E-state index in [1.165, 1.54) is 44.6 Å². The number of methoxy groups -OCH3 is 2. The molecule has 86 heavy (non-hydrogen) atoms. The van der Waals surface area contributed by atoms with Gasteiger partial charge >= 0.3 is 0 Å². The van der Waals surface area contributed by atoms with Crippen LogP contribution in [0.15, 0.2) is 89.9 Å². The van der Waals surface area contributed by atoms with E-state index in [2.05, 4.69) is 74.1 Å². The molecule has 2 unspecified atom stereocenters. The van der Waals surface area contributed by atoms with Crippen LogP contribution in [0, 0.1) is 0 Å². The Morgan fingerprint density at radius 2 is 1.41 bits per heavy atom. The minimum Gasteiger partial charge on any atom is -0.493 e. The van der Waals surface area contributed by atoms with E-state index in [9.17, 15) is 28.8 Å². The lowest BCUT2D eigenvalue weighted by atomic mass is 9.93. The third kappa shape index (κ3) is 15.0. The topological polar surface area (TPSA) is 206 Å². The molecule has 0 aromatic heterocycles. The number of aliphatic imine (C=N–C) groups is 1. The number of ketones is 1. The number of hydrogen-bond donors (Lipinski definition) is 4. The molecule has 6 atom stereocenters. The monoisotopic (exact) mass is 1210 g/mol. The summed E-state index contributed by atoms with van der Waals surface area (Å²) in [5.41, 5.74) is 8.89. The molecule has 9 rings (SSSR count). The maximum Gasteiger partial charge on any atom is 0.261 e. The van der Waals surface area contributed by atoms with Gasteiger partial charge in [-0.05, 0) is 137 Å². The Kier molecular flexibility index (Phi) is 20.4. The highest BCUT2D eigenvalue weighted by molar-refractivity contribution is 8.77. The molecule has 0 fully saturated rings. The van der Waals surface area contributed by atoms with Gasteiger partial charge in [-0.15, -0.1) is 0 Å². The Balaban J connectivity index is 0.903. The van der Waals surface area contributed by atoms with Crippen LogP contribution in [0.3, 0.4) is 0 Å². The summed E-state index contributed by atoms with van der Waals surface area (Å²) in [5, 5.41) is 12.3. The normalized spacial score (nSPS) is 17.0. The minimum atomic E-state index is -1.01. The van der Waals surface area contributed by atoms with Gasteiger partial charge in [-0.1, -0.05) is 92.0 Å². The second-order valence-electron chi connectivity index (χ2n) is 23.7. The van der Waals surface area contributed by atoms with Crippen molar-refractivity contribution < 1.29 is 47.7 Å². The minimum absolute atomic E-state index is 0.000623. The third-order valence-electron chi connectivity index (χ3n) is 16.3. The summed E-state index contributed by atoms with van der Waals surface area (Å²) in [6.07, 6.45) is 10.0. The number of ether oxygens (including phenoxy) is 4. The predicted octanol–water partition coefficient (Wildman–Crippen LogP) is 12.5. The van der Waals surface area contributed by atoms with Crippen LogP contribution in [0.5, 0.6) is 23.0 Å². The Hall–Kier alpha value is -7.51. The van der Waals surface area contributed by atoms with Crippen LogP contribution in [-0.2, 0) is 45.2 Å². The highest BCUT2D eigenvalue weighted by Gasteiger charge is 2.39. The molecule has 0 saturated carbocycles. The quantitative estimate of drug-likeness (QED) is 0.0286. The molecule has 5 amide bonds. The summed E-state index contributed by atoms with van der Waals surface area (Å²) < 4.78 is 24.5. The molecule has 4 aliphatic rings. The van der Waals surface area contributed by atoms with E-state index in [0.717, 1.165) is 36.2 Å². The summed E-state index contributed by atoms with van der Waals surface area (Å²) in [7, 11) is 6.44. The van der Waals surface area contributed by atoms with Gasteiger partial charge in [0.2, 0.25) is 17.7 Å². The number of para-hydroxylation sites is 1. The second kappa shape index (κ2) is 27.9. The average Bonchev–Trinajstić information content (AvgIpc) is 2.84. The van der Waals surface area contributed by atoms with Gasteiger partial charge in [-0.3, -0.25) is 33.9 Å². The molecule has 4 heterocycles. The van der Waals surface area contributed by atoms with Crippen LogP contribution in [0.25, 0.3) is 0 Å². The lowest BCUT2D eigenvalue weighted by Gasteiger charge is -2.25. The highest BCUT2D eigenvalue weighted by atomic mass is 33.1. The van der Waals surface area contributed by atoms with Crippen molar-refractivity contribution in [2.75, 3.05) is 41.2 Å². The summed E-state index contributed by atoms with van der Waals surface area (Å²) in [4.78, 5) is 89.1. The Bertz CT molecular complexity index is 3410. The van der Waals surface area contributed by atoms with Gasteiger partial charge in [0.25, 0.3) is 11.8 Å². The predicted molar refractivity (Wildman–Crippen MR) is 343 cm³/mol. The fourth-order valence-corrected chi connectivity index (χ4v) is 14.0. The first-order valence-corrected chi connectivity index (χ1v) is 32.2. The van der Waals surface area contributed by atoms with Gasteiger partial charge in [0, 0.05) is 71.2 Å². The van der Waals surface area contributed by atoms with Crippen LogP contribution in [0.2, 0.25) is 0 Å². The average molecular weight is 1210 g/mol. The second-order valence-corrected chi connectivity index (χ2v) is 27.1. The third-order valence-corrected chi connectivity index (χ3v) is 20.3. The van der Waals surface area contributed by atoms with Crippen LogP contribution in [0.4, 0.5) is 28.4 Å². The number of carbonyl (C=O) groups excluding carboxylic acids is 6. The fraction of sp³-hybridized carbons (Fsp3) is 0.448. The Morgan fingerprint density at radius 3 is 2.12 bits per heavy atom. The van der Waals surface area contributed by atoms with Crippen molar-refractivity contribution in [3.8, 4) is 23.0 Å². The van der Waals surface area contributed by atoms with Gasteiger partial charge in [0.05, 0.1) is 48.8 Å². The van der Waals surface area contributed by atoms with Crippen molar-refractivity contribution in [1.82, 2.24) is 10.6 Å². The number of amides is 5. The number of rotatable bonds is 27. The highest BCUT2D eigenvalue weighted by Crippen LogP contribution is 2.45. The lowest BCUT2D eigenvalue weighted by molar-refractivity contribution is -0.130. The van der Waals surface area contributed by atoms with E-state index >= 15 is 0 Å². The summed E-state index contributed by atoms with van der Waals surface area (Å²) in [6.45, 7) is 16.0. The Morgan fingerprint density at radius 1 is 0.733 bits per heavy atom. The van der Waals surface area contributed by atoms with Crippen molar-refractivity contribution in [3.63, 3.8) is 0 Å². The summed E-state index contributed by atoms with van der Waals surface area (Å²) >= 11 is 0. The van der Waals surface area contributed by atoms with E-state index in [4.69, 9.17) is 23.9 Å². The smallest absolute Gasteiger partial charge is 0.261 e. The van der Waals surface area contributed by atoms with Crippen molar-refractivity contribution in [3.05, 3.63) is 124 Å². The van der Waals surface area contributed by atoms with Crippen LogP contribution >= 0.6 is 21.6 Å². The first kappa shape index (κ1) is 63.0. The van der Waals surface area contributed by atoms with Crippen LogP contribution < -0.4 is 50.0 Å². The lowest BCUT2D eigenvalue weighted by Crippen LogP contribution is -2.50. The fourth-order valence-electron chi connectivity index (χ4n) is 11.3. The maximum absolute atomic E-state index is 14.5. The number of anilines is 4. The van der Waals surface area contributed by atoms with Crippen molar-refractivity contribution >= 4 is 91.6 Å². The molecular weight excluding hydrogens is 1130 g/mol. The van der Waals surface area contributed by atoms with E-state index in [-0.39, 0.29) is 65.2 Å². The molecule has 0 saturated heterocycles. The van der Waals surface area contributed by atoms with Gasteiger partial charge in [0.15, 0.2) is 23.0 Å². The van der Waals surface area contributed by atoms with E-state index in [0.29, 0.717) is 94.0 Å². The van der Waals surface area contributed by atoms with Gasteiger partial charge in [-0.2, -0.15) is 0 Å². The first-order chi connectivity index (χ1) is 41.2. The first-order valence-electron chi connectivity index (χ1n) is 30.0. The molecule has 4 N–H and O–H groups in total. The molecule has 4 aliphatic heterocycles. The number of hydrogen-bond acceptors (Lipinski definition) is 14. The SMILES string of the molecule is CCCCCC(C)c1ccc2c(c1)C[C@H]1CNc3cc(OCc4cc(COc5cc6c(cc5OC)C(=O)N5c7ccccc7C[C@H]5C=N6)cc(NC(=O)[C@@H](C)NC(=O)[C@H](C)NC(=O)CCC(C)(C)SSC(C)CCC(C)=O)c4)c(OC)cc3C(=O)N21. The van der Waals surface area contributed by atoms with Gasteiger partial charge < -0.3 is 49.9 Å². The molecular formula is C67H81N7O10S2. The molecule has 0 aliphatic carbocycles. The van der Waals surface area contributed by atoms with Crippen molar-refractivity contribution in [1.29, 1.82) is 0 Å².